The van der Waals surface area contributed by atoms with E-state index in [2.05, 4.69) is 263 Å². The van der Waals surface area contributed by atoms with Crippen molar-refractivity contribution >= 4 is 107 Å². The number of hydrogen-bond acceptors (Lipinski definition) is 5. The molecule has 0 unspecified atom stereocenters. The van der Waals surface area contributed by atoms with E-state index in [9.17, 15) is 0 Å². The van der Waals surface area contributed by atoms with Crippen molar-refractivity contribution in [2.24, 2.45) is 0 Å². The second-order valence-corrected chi connectivity index (χ2v) is 17.7. The van der Waals surface area contributed by atoms with Gasteiger partial charge in [-0.1, -0.05) is 150 Å². The highest BCUT2D eigenvalue weighted by atomic mass is 15.2. The molecule has 328 valence electrons. The molecule has 6 heteroatoms. The number of para-hydroxylation sites is 4. The second kappa shape index (κ2) is 17.4. The number of pyridine rings is 2. The Morgan fingerprint density at radius 2 is 0.643 bits per heavy atom. The molecule has 2 aromatic heterocycles. The summed E-state index contributed by atoms with van der Waals surface area (Å²) in [5.74, 6) is 0. The number of fused-ring (bicyclic) bond motifs is 10. The number of aromatic nitrogens is 2. The van der Waals surface area contributed by atoms with E-state index >= 15 is 0 Å². The van der Waals surface area contributed by atoms with Crippen LogP contribution in [0.5, 0.6) is 0 Å². The van der Waals surface area contributed by atoms with Crippen LogP contribution in [-0.4, -0.2) is 16.7 Å². The van der Waals surface area contributed by atoms with Gasteiger partial charge in [0.1, 0.15) is 0 Å². The largest absolute Gasteiger partial charge is 0.311 e. The zero-order chi connectivity index (χ0) is 46.4. The van der Waals surface area contributed by atoms with Gasteiger partial charge in [0.15, 0.2) is 0 Å². The highest BCUT2D eigenvalue weighted by molar-refractivity contribution is 7.00. The smallest absolute Gasteiger partial charge is 0.243 e. The molecular formula is C64H44BN5. The minimum Gasteiger partial charge on any atom is -0.311 e. The molecular weight excluding hydrogens is 850 g/mol. The molecule has 0 saturated heterocycles. The molecule has 0 fully saturated rings. The molecule has 0 N–H and O–H groups in total. The van der Waals surface area contributed by atoms with E-state index in [0.29, 0.717) is 0 Å². The first kappa shape index (κ1) is 41.0. The average molecular weight is 894 g/mol. The molecule has 10 aromatic carbocycles. The molecule has 70 heavy (non-hydrogen) atoms. The topological polar surface area (TPSA) is 35.5 Å². The SMILES string of the molecule is c1ccc(N(c2ccccc2)c2ccc(N(c3ccc(B4c5ccccc5-c5ccc6c7cccnc7c7ncccc7c6c54)cc3)c3ccc(N(c4ccccc4)c4ccccc4)cc3)cc2)cc1. The van der Waals surface area contributed by atoms with Crippen LogP contribution in [0.3, 0.4) is 0 Å². The van der Waals surface area contributed by atoms with Gasteiger partial charge in [-0.15, -0.1) is 0 Å². The third-order valence-corrected chi connectivity index (χ3v) is 13.8. The molecule has 0 bridgehead atoms. The molecule has 0 atom stereocenters. The van der Waals surface area contributed by atoms with Crippen molar-refractivity contribution in [2.75, 3.05) is 14.7 Å². The lowest BCUT2D eigenvalue weighted by Gasteiger charge is -2.29. The maximum Gasteiger partial charge on any atom is 0.243 e. The Hall–Kier alpha value is -9.26. The summed E-state index contributed by atoms with van der Waals surface area (Å²) < 4.78 is 0. The van der Waals surface area contributed by atoms with Crippen LogP contribution in [0.1, 0.15) is 0 Å². The lowest BCUT2D eigenvalue weighted by atomic mass is 9.38. The third kappa shape index (κ3) is 7.05. The molecule has 1 aliphatic heterocycles. The zero-order valence-electron chi connectivity index (χ0n) is 38.2. The number of hydrogen-bond donors (Lipinski definition) is 0. The lowest BCUT2D eigenvalue weighted by Crippen LogP contribution is -2.49. The second-order valence-electron chi connectivity index (χ2n) is 17.7. The minimum absolute atomic E-state index is 0.0115. The van der Waals surface area contributed by atoms with Gasteiger partial charge in [-0.2, -0.15) is 0 Å². The Labute approximate surface area is 407 Å². The van der Waals surface area contributed by atoms with Gasteiger partial charge < -0.3 is 14.7 Å². The number of rotatable bonds is 10. The summed E-state index contributed by atoms with van der Waals surface area (Å²) in [5.41, 5.74) is 18.0. The molecule has 3 heterocycles. The van der Waals surface area contributed by atoms with Crippen LogP contribution < -0.4 is 31.1 Å². The fourth-order valence-corrected chi connectivity index (χ4v) is 10.7. The fourth-order valence-electron chi connectivity index (χ4n) is 10.7. The summed E-state index contributed by atoms with van der Waals surface area (Å²) in [7, 11) is 0. The van der Waals surface area contributed by atoms with Gasteiger partial charge in [0.25, 0.3) is 0 Å². The quantitative estimate of drug-likeness (QED) is 0.101. The van der Waals surface area contributed by atoms with Gasteiger partial charge >= 0.3 is 0 Å². The van der Waals surface area contributed by atoms with Gasteiger partial charge in [0, 0.05) is 74.4 Å². The molecule has 0 spiro atoms. The number of nitrogens with zero attached hydrogens (tertiary/aromatic N) is 5. The normalized spacial score (nSPS) is 11.7. The van der Waals surface area contributed by atoms with Crippen LogP contribution in [0.4, 0.5) is 51.2 Å². The summed E-state index contributed by atoms with van der Waals surface area (Å²) in [6.07, 6.45) is 3.75. The molecule has 1 aliphatic rings. The Kier molecular flexibility index (Phi) is 10.2. The monoisotopic (exact) mass is 893 g/mol. The van der Waals surface area contributed by atoms with Crippen LogP contribution >= 0.6 is 0 Å². The molecule has 0 radical (unpaired) electrons. The standard InChI is InChI=1S/C64H44BN5/c1-5-17-46(18-6-1)68(47-19-7-2-8-20-47)51-33-37-53(38-34-51)70(54-39-35-52(36-40-54)69(48-21-9-3-10-22-48)49-23-11-4-12-24-49)50-31-29-45(30-32-50)65-60-28-14-13-25-55(60)57-42-41-56-58-26-15-43-66-63(58)64-59(27-16-44-67-64)61(56)62(57)65/h1-44H. The number of benzene rings is 10. The van der Waals surface area contributed by atoms with E-state index in [1.54, 1.807) is 0 Å². The van der Waals surface area contributed by atoms with Gasteiger partial charge in [-0.05, 0) is 143 Å². The molecule has 12 aromatic rings. The maximum atomic E-state index is 4.94. The summed E-state index contributed by atoms with van der Waals surface area (Å²) in [6, 6.07) is 91.4. The van der Waals surface area contributed by atoms with E-state index in [4.69, 9.17) is 9.97 Å². The van der Waals surface area contributed by atoms with Crippen LogP contribution in [0.2, 0.25) is 0 Å². The first-order valence-corrected chi connectivity index (χ1v) is 23.8. The molecule has 0 aliphatic carbocycles. The van der Waals surface area contributed by atoms with E-state index in [1.807, 2.05) is 18.5 Å². The van der Waals surface area contributed by atoms with E-state index < -0.39 is 0 Å². The molecule has 0 amide bonds. The van der Waals surface area contributed by atoms with Crippen molar-refractivity contribution in [3.05, 3.63) is 267 Å². The van der Waals surface area contributed by atoms with Crippen molar-refractivity contribution in [2.45, 2.75) is 0 Å². The summed E-state index contributed by atoms with van der Waals surface area (Å²) in [5, 5.41) is 4.69. The van der Waals surface area contributed by atoms with Gasteiger partial charge in [0.2, 0.25) is 6.71 Å². The van der Waals surface area contributed by atoms with Gasteiger partial charge in [-0.25, -0.2) is 0 Å². The van der Waals surface area contributed by atoms with Crippen molar-refractivity contribution < 1.29 is 0 Å². The predicted molar refractivity (Wildman–Crippen MR) is 295 cm³/mol. The van der Waals surface area contributed by atoms with Crippen molar-refractivity contribution in [3.63, 3.8) is 0 Å². The van der Waals surface area contributed by atoms with E-state index in [-0.39, 0.29) is 6.71 Å². The van der Waals surface area contributed by atoms with Gasteiger partial charge in [0.05, 0.1) is 11.0 Å². The van der Waals surface area contributed by atoms with Crippen LogP contribution in [0, 0.1) is 0 Å². The zero-order valence-corrected chi connectivity index (χ0v) is 38.2. The van der Waals surface area contributed by atoms with Crippen LogP contribution in [-0.2, 0) is 0 Å². The van der Waals surface area contributed by atoms with Crippen molar-refractivity contribution in [1.82, 2.24) is 9.97 Å². The van der Waals surface area contributed by atoms with Crippen LogP contribution in [0.25, 0.3) is 43.7 Å². The van der Waals surface area contributed by atoms with E-state index in [1.165, 1.54) is 38.3 Å². The maximum absolute atomic E-state index is 4.94. The Morgan fingerprint density at radius 3 is 1.10 bits per heavy atom. The lowest BCUT2D eigenvalue weighted by molar-refractivity contribution is 1.25. The molecule has 5 nitrogen and oxygen atoms in total. The summed E-state index contributed by atoms with van der Waals surface area (Å²) in [4.78, 5) is 16.8. The Morgan fingerprint density at radius 1 is 0.271 bits per heavy atom. The van der Waals surface area contributed by atoms with Gasteiger partial charge in [-0.3, -0.25) is 9.97 Å². The minimum atomic E-state index is 0.0115. The van der Waals surface area contributed by atoms with Crippen molar-refractivity contribution in [3.8, 4) is 11.1 Å². The molecule has 0 saturated carbocycles. The Balaban J connectivity index is 0.946. The average Bonchev–Trinajstić information content (AvgIpc) is 3.78. The predicted octanol–water partition coefficient (Wildman–Crippen LogP) is 14.8. The first-order chi connectivity index (χ1) is 34.8. The summed E-state index contributed by atoms with van der Waals surface area (Å²) >= 11 is 0. The van der Waals surface area contributed by atoms with Crippen LogP contribution in [0.15, 0.2) is 267 Å². The highest BCUT2D eigenvalue weighted by Crippen LogP contribution is 2.42. The Bertz CT molecular complexity index is 3570. The highest BCUT2D eigenvalue weighted by Gasteiger charge is 2.36. The molecule has 13 rings (SSSR count). The number of anilines is 9. The first-order valence-electron chi connectivity index (χ1n) is 23.8. The third-order valence-electron chi connectivity index (χ3n) is 13.8. The van der Waals surface area contributed by atoms with Crippen molar-refractivity contribution in [1.29, 1.82) is 0 Å². The van der Waals surface area contributed by atoms with E-state index in [0.717, 1.165) is 73.0 Å². The fraction of sp³-hybridized carbons (Fsp3) is 0. The summed E-state index contributed by atoms with van der Waals surface area (Å²) in [6.45, 7) is 0.0115.